The minimum Gasteiger partial charge on any atom is -0.288 e. The molecule has 0 aromatic heterocycles. The van der Waals surface area contributed by atoms with Crippen LogP contribution in [0.15, 0.2) is 35.2 Å². The van der Waals surface area contributed by atoms with Gasteiger partial charge in [-0.25, -0.2) is 13.9 Å². The Kier molecular flexibility index (Phi) is 3.81. The Bertz CT molecular complexity index is 519. The molecule has 0 heterocycles. The summed E-state index contributed by atoms with van der Waals surface area (Å²) in [6.07, 6.45) is 3.46. The number of hydrogen-bond donors (Lipinski definition) is 2. The molecule has 16 heavy (non-hydrogen) atoms. The van der Waals surface area contributed by atoms with E-state index >= 15 is 0 Å². The number of rotatable bonds is 3. The van der Waals surface area contributed by atoms with Crippen molar-refractivity contribution in [2.75, 3.05) is 6.26 Å². The Morgan fingerprint density at radius 1 is 1.38 bits per heavy atom. The van der Waals surface area contributed by atoms with E-state index in [4.69, 9.17) is 5.21 Å². The van der Waals surface area contributed by atoms with Gasteiger partial charge in [0.05, 0.1) is 4.90 Å². The molecule has 6 heteroatoms. The largest absolute Gasteiger partial charge is 0.288 e. The van der Waals surface area contributed by atoms with E-state index in [9.17, 15) is 13.2 Å². The molecule has 1 aromatic rings. The van der Waals surface area contributed by atoms with Crippen molar-refractivity contribution in [2.45, 2.75) is 4.90 Å². The van der Waals surface area contributed by atoms with Crippen LogP contribution in [0.2, 0.25) is 0 Å². The molecule has 1 aromatic carbocycles. The number of nitrogens with one attached hydrogen (secondary N) is 1. The summed E-state index contributed by atoms with van der Waals surface area (Å²) < 4.78 is 22.8. The fourth-order valence-corrected chi connectivity index (χ4v) is 2.05. The Morgan fingerprint density at radius 2 is 2.00 bits per heavy atom. The molecule has 0 saturated carbocycles. The maximum atomic E-state index is 11.4. The third-order valence-electron chi connectivity index (χ3n) is 1.84. The molecule has 0 aliphatic heterocycles. The molecule has 0 fully saturated rings. The highest BCUT2D eigenvalue weighted by molar-refractivity contribution is 7.90. The van der Waals surface area contributed by atoms with Crippen molar-refractivity contribution in [1.29, 1.82) is 0 Å². The topological polar surface area (TPSA) is 83.5 Å². The van der Waals surface area contributed by atoms with Gasteiger partial charge in [-0.1, -0.05) is 18.2 Å². The van der Waals surface area contributed by atoms with Gasteiger partial charge in [-0.3, -0.25) is 10.0 Å². The van der Waals surface area contributed by atoms with Crippen LogP contribution in [-0.2, 0) is 14.6 Å². The van der Waals surface area contributed by atoms with Crippen LogP contribution in [0.25, 0.3) is 6.08 Å². The quantitative estimate of drug-likeness (QED) is 0.461. The second kappa shape index (κ2) is 4.91. The van der Waals surface area contributed by atoms with Gasteiger partial charge in [0.15, 0.2) is 9.84 Å². The number of amides is 1. The summed E-state index contributed by atoms with van der Waals surface area (Å²) in [6.45, 7) is 0. The molecule has 0 saturated heterocycles. The number of carbonyl (C=O) groups excluding carboxylic acids is 1. The molecule has 0 atom stereocenters. The molecule has 0 radical (unpaired) electrons. The van der Waals surface area contributed by atoms with Gasteiger partial charge in [-0.05, 0) is 17.7 Å². The first-order chi connectivity index (χ1) is 7.45. The Hall–Kier alpha value is -1.66. The highest BCUT2D eigenvalue weighted by Crippen LogP contribution is 2.16. The van der Waals surface area contributed by atoms with Crippen LogP contribution in [0.5, 0.6) is 0 Å². The van der Waals surface area contributed by atoms with Crippen LogP contribution in [0.4, 0.5) is 0 Å². The Balaban J connectivity index is 3.15. The highest BCUT2D eigenvalue weighted by atomic mass is 32.2. The van der Waals surface area contributed by atoms with Gasteiger partial charge in [-0.2, -0.15) is 0 Å². The van der Waals surface area contributed by atoms with Gasteiger partial charge < -0.3 is 0 Å². The van der Waals surface area contributed by atoms with E-state index in [0.717, 1.165) is 12.3 Å². The molecule has 0 unspecified atom stereocenters. The number of benzene rings is 1. The number of hydrogen-bond acceptors (Lipinski definition) is 4. The monoisotopic (exact) mass is 241 g/mol. The first kappa shape index (κ1) is 12.4. The van der Waals surface area contributed by atoms with Crippen LogP contribution in [-0.4, -0.2) is 25.8 Å². The van der Waals surface area contributed by atoms with E-state index < -0.39 is 15.7 Å². The van der Waals surface area contributed by atoms with Crippen LogP contribution < -0.4 is 5.48 Å². The first-order valence-electron chi connectivity index (χ1n) is 4.36. The van der Waals surface area contributed by atoms with Gasteiger partial charge in [0.1, 0.15) is 0 Å². The molecule has 0 bridgehead atoms. The number of carbonyl (C=O) groups is 1. The van der Waals surface area contributed by atoms with E-state index in [1.165, 1.54) is 17.6 Å². The van der Waals surface area contributed by atoms with Crippen molar-refractivity contribution in [2.24, 2.45) is 0 Å². The Morgan fingerprint density at radius 3 is 2.56 bits per heavy atom. The summed E-state index contributed by atoms with van der Waals surface area (Å²) >= 11 is 0. The third kappa shape index (κ3) is 3.18. The minimum atomic E-state index is -3.33. The minimum absolute atomic E-state index is 0.136. The van der Waals surface area contributed by atoms with E-state index in [1.54, 1.807) is 18.2 Å². The molecule has 86 valence electrons. The zero-order valence-electron chi connectivity index (χ0n) is 8.54. The lowest BCUT2D eigenvalue weighted by molar-refractivity contribution is -0.124. The van der Waals surface area contributed by atoms with Gasteiger partial charge in [0, 0.05) is 12.3 Å². The molecule has 0 aliphatic rings. The average molecular weight is 241 g/mol. The fraction of sp³-hybridized carbons (Fsp3) is 0.100. The van der Waals surface area contributed by atoms with Crippen LogP contribution in [0.3, 0.4) is 0 Å². The molecular weight excluding hydrogens is 230 g/mol. The maximum absolute atomic E-state index is 11.4. The molecule has 0 aliphatic carbocycles. The van der Waals surface area contributed by atoms with Crippen molar-refractivity contribution in [3.63, 3.8) is 0 Å². The Labute approximate surface area is 93.3 Å². The summed E-state index contributed by atoms with van der Waals surface area (Å²) in [5.41, 5.74) is 1.82. The normalized spacial score (nSPS) is 11.6. The molecule has 1 amide bonds. The zero-order chi connectivity index (χ0) is 12.2. The average Bonchev–Trinajstić information content (AvgIpc) is 2.25. The molecule has 1 rings (SSSR count). The highest BCUT2D eigenvalue weighted by Gasteiger charge is 2.10. The summed E-state index contributed by atoms with van der Waals surface area (Å²) in [5.74, 6) is -0.719. The van der Waals surface area contributed by atoms with E-state index in [2.05, 4.69) is 0 Å². The smallest absolute Gasteiger partial charge is 0.267 e. The van der Waals surface area contributed by atoms with E-state index in [0.29, 0.717) is 5.56 Å². The van der Waals surface area contributed by atoms with Gasteiger partial charge >= 0.3 is 0 Å². The predicted octanol–water partition coefficient (Wildman–Crippen LogP) is 0.609. The standard InChI is InChI=1S/C10H11NO4S/c1-16(14,15)9-5-3-2-4-8(9)6-7-10(12)11-13/h2-7,13H,1H3,(H,11,12)/b7-6+. The number of sulfone groups is 1. The number of hydroxylamine groups is 1. The zero-order valence-corrected chi connectivity index (χ0v) is 9.36. The van der Waals surface area contributed by atoms with Crippen LogP contribution in [0, 0.1) is 0 Å². The summed E-state index contributed by atoms with van der Waals surface area (Å²) in [5, 5.41) is 8.27. The van der Waals surface area contributed by atoms with E-state index in [1.807, 2.05) is 0 Å². The summed E-state index contributed by atoms with van der Waals surface area (Å²) in [7, 11) is -3.33. The summed E-state index contributed by atoms with van der Waals surface area (Å²) in [6, 6.07) is 6.27. The molecule has 5 nitrogen and oxygen atoms in total. The second-order valence-electron chi connectivity index (χ2n) is 3.12. The van der Waals surface area contributed by atoms with Gasteiger partial charge in [0.2, 0.25) is 0 Å². The SMILES string of the molecule is CS(=O)(=O)c1ccccc1/C=C/C(=O)NO. The molecular formula is C10H11NO4S. The van der Waals surface area contributed by atoms with E-state index in [-0.39, 0.29) is 4.90 Å². The van der Waals surface area contributed by atoms with Crippen molar-refractivity contribution in [1.82, 2.24) is 5.48 Å². The molecule has 2 N–H and O–H groups in total. The summed E-state index contributed by atoms with van der Waals surface area (Å²) in [4.78, 5) is 10.9. The van der Waals surface area contributed by atoms with Crippen molar-refractivity contribution in [3.05, 3.63) is 35.9 Å². The van der Waals surface area contributed by atoms with Gasteiger partial charge in [0.25, 0.3) is 5.91 Å². The third-order valence-corrected chi connectivity index (χ3v) is 3.01. The van der Waals surface area contributed by atoms with Crippen molar-refractivity contribution < 1.29 is 18.4 Å². The van der Waals surface area contributed by atoms with Crippen molar-refractivity contribution >= 4 is 21.8 Å². The predicted molar refractivity (Wildman–Crippen MR) is 58.5 cm³/mol. The maximum Gasteiger partial charge on any atom is 0.267 e. The van der Waals surface area contributed by atoms with Crippen LogP contribution >= 0.6 is 0 Å². The lowest BCUT2D eigenvalue weighted by Gasteiger charge is -2.02. The lowest BCUT2D eigenvalue weighted by Crippen LogP contribution is -2.14. The second-order valence-corrected chi connectivity index (χ2v) is 5.10. The van der Waals surface area contributed by atoms with Crippen molar-refractivity contribution in [3.8, 4) is 0 Å². The lowest BCUT2D eigenvalue weighted by atomic mass is 10.2. The van der Waals surface area contributed by atoms with Gasteiger partial charge in [-0.15, -0.1) is 0 Å². The first-order valence-corrected chi connectivity index (χ1v) is 6.25. The fourth-order valence-electron chi connectivity index (χ4n) is 1.16. The molecule has 0 spiro atoms. The van der Waals surface area contributed by atoms with Crippen LogP contribution in [0.1, 0.15) is 5.56 Å².